The number of hydrogen-bond donors (Lipinski definition) is 1. The van der Waals surface area contributed by atoms with Gasteiger partial charge in [-0.2, -0.15) is 14.6 Å². The third kappa shape index (κ3) is 12.7. The van der Waals surface area contributed by atoms with Crippen molar-refractivity contribution in [3.05, 3.63) is 175 Å². The van der Waals surface area contributed by atoms with Gasteiger partial charge in [0.05, 0.1) is 62.6 Å². The second-order valence-corrected chi connectivity index (χ2v) is 17.8. The van der Waals surface area contributed by atoms with Crippen molar-refractivity contribution in [3.63, 3.8) is 0 Å². The van der Waals surface area contributed by atoms with E-state index in [-0.39, 0.29) is 5.75 Å². The summed E-state index contributed by atoms with van der Waals surface area (Å²) in [6.07, 6.45) is 8.76. The predicted molar refractivity (Wildman–Crippen MR) is 256 cm³/mol. The van der Waals surface area contributed by atoms with E-state index in [1.165, 1.54) is 42.7 Å². The van der Waals surface area contributed by atoms with E-state index in [0.29, 0.717) is 50.8 Å². The second-order valence-electron chi connectivity index (χ2n) is 14.5. The molecule has 360 valence electrons. The summed E-state index contributed by atoms with van der Waals surface area (Å²) in [5.74, 6) is -3.06. The third-order valence-corrected chi connectivity index (χ3v) is 12.5. The lowest BCUT2D eigenvalue weighted by atomic mass is 10.1. The lowest BCUT2D eigenvalue weighted by Crippen LogP contribution is -2.12. The number of nitro groups is 2. The van der Waals surface area contributed by atoms with Gasteiger partial charge >= 0.3 is 11.6 Å². The van der Waals surface area contributed by atoms with Crippen molar-refractivity contribution in [2.24, 2.45) is 0 Å². The minimum Gasteiger partial charge on any atom is -0.478 e. The first-order valence-electron chi connectivity index (χ1n) is 20.3. The van der Waals surface area contributed by atoms with Gasteiger partial charge in [-0.15, -0.1) is 10.2 Å². The Morgan fingerprint density at radius 3 is 1.58 bits per heavy atom. The molecule has 0 saturated carbocycles. The summed E-state index contributed by atoms with van der Waals surface area (Å²) in [5, 5.41) is 56.3. The Labute approximate surface area is 423 Å². The van der Waals surface area contributed by atoms with Gasteiger partial charge in [-0.3, -0.25) is 9.36 Å². The molecule has 6 aromatic heterocycles. The number of halogens is 7. The van der Waals surface area contributed by atoms with Crippen LogP contribution < -0.4 is 4.74 Å². The largest absolute Gasteiger partial charge is 0.478 e. The fraction of sp³-hybridized carbons (Fsp3) is 0.238. The molecule has 2 aromatic carbocycles. The Morgan fingerprint density at radius 2 is 1.13 bits per heavy atom. The minimum absolute atomic E-state index is 0.0446. The van der Waals surface area contributed by atoms with Crippen molar-refractivity contribution in [3.8, 4) is 17.1 Å². The summed E-state index contributed by atoms with van der Waals surface area (Å²) in [7, 11) is 0. The molecule has 2 unspecified atom stereocenters. The highest BCUT2D eigenvalue weighted by atomic mass is 79.9. The quantitative estimate of drug-likeness (QED) is 0.0787. The molecule has 0 saturated heterocycles. The fourth-order valence-electron chi connectivity index (χ4n) is 6.58. The molecule has 0 aliphatic carbocycles. The van der Waals surface area contributed by atoms with Crippen LogP contribution in [0.15, 0.2) is 104 Å². The number of nitrogens with zero attached hydrogens (tertiary/aromatic N) is 14. The highest BCUT2D eigenvalue weighted by Crippen LogP contribution is 2.34. The van der Waals surface area contributed by atoms with Crippen molar-refractivity contribution >= 4 is 75.4 Å². The molecule has 2 atom stereocenters. The number of benzene rings is 2. The summed E-state index contributed by atoms with van der Waals surface area (Å²) in [5.41, 5.74) is 5.54. The Kier molecular flexibility index (Phi) is 17.6. The molecule has 0 aliphatic rings. The smallest absolute Gasteiger partial charge is 0.406 e. The minimum atomic E-state index is -0.940. The highest BCUT2D eigenvalue weighted by Gasteiger charge is 2.24. The average Bonchev–Trinajstić information content (AvgIpc) is 4.12. The second kappa shape index (κ2) is 23.3. The zero-order valence-electron chi connectivity index (χ0n) is 36.5. The predicted octanol–water partition coefficient (Wildman–Crippen LogP) is 10.1. The van der Waals surface area contributed by atoms with Crippen LogP contribution in [0.2, 0.25) is 0 Å². The van der Waals surface area contributed by atoms with Crippen molar-refractivity contribution < 1.29 is 32.9 Å². The first-order valence-corrected chi connectivity index (χ1v) is 23.5. The summed E-state index contributed by atoms with van der Waals surface area (Å²) in [6.45, 7) is 8.75. The maximum atomic E-state index is 14.3. The summed E-state index contributed by atoms with van der Waals surface area (Å²) >= 11 is 13.3. The molecule has 0 fully saturated rings. The van der Waals surface area contributed by atoms with Gasteiger partial charge in [0, 0.05) is 60.3 Å². The monoisotopic (exact) mass is 1210 g/mol. The van der Waals surface area contributed by atoms with Gasteiger partial charge in [0.1, 0.15) is 26.9 Å². The lowest BCUT2D eigenvalue weighted by Gasteiger charge is -2.19. The molecule has 0 aliphatic heterocycles. The van der Waals surface area contributed by atoms with E-state index in [1.807, 2.05) is 23.2 Å². The fourth-order valence-corrected chi connectivity index (χ4v) is 8.36. The molecular formula is C42H37Br4F3N14O6. The van der Waals surface area contributed by atoms with Crippen LogP contribution in [0.25, 0.3) is 11.4 Å². The Balaban J connectivity index is 0.000000193. The van der Waals surface area contributed by atoms with E-state index >= 15 is 0 Å². The van der Waals surface area contributed by atoms with Crippen molar-refractivity contribution in [1.82, 2.24) is 59.5 Å². The number of aliphatic hydroxyl groups excluding tert-OH is 1. The maximum absolute atomic E-state index is 14.3. The molecule has 0 bridgehead atoms. The molecule has 0 radical (unpaired) electrons. The first kappa shape index (κ1) is 52.1. The SMILES string of the molecule is CCn1ncc(Cc2cnnn2-c2ccc(F)cc2C(C)O)c1Br.CCn1ncc(Cc2cnnn2-c2ccc(F)cc2C(C)Oc2cc(Br)cnc2[N+](=O)[O-])c1Br.O=[N+]([O-])c1ncc(Br)cc1F. The topological polar surface area (TPSA) is 239 Å². The number of rotatable bonds is 14. The molecule has 1 N–H and O–H groups in total. The molecular weight excluding hydrogens is 1170 g/mol. The van der Waals surface area contributed by atoms with Crippen molar-refractivity contribution in [2.45, 2.75) is 65.8 Å². The number of hydrogen-bond acceptors (Lipinski definition) is 14. The van der Waals surface area contributed by atoms with Crippen LogP contribution in [0.5, 0.6) is 5.75 Å². The average molecular weight is 1210 g/mol. The van der Waals surface area contributed by atoms with Gasteiger partial charge in [-0.05, 0) is 148 Å². The van der Waals surface area contributed by atoms with Crippen molar-refractivity contribution in [2.75, 3.05) is 0 Å². The number of aryl methyl sites for hydroxylation is 2. The standard InChI is InChI=1S/C21H18Br2FN7O3.C16H17BrFN5O.C5H2BrFN2O2/c1-3-29-20(23)13(9-27-29)6-16-11-26-28-30(16)18-5-4-15(24)8-17(18)12(2)34-19-7-14(22)10-25-21(19)31(32)33;1-3-22-16(17)11(8-20-22)6-13-9-19-21-23(13)15-5-4-12(18)7-14(15)10(2)24;6-3-1-4(7)5(8-2-3)9(10)11/h4-5,7-12H,3,6H2,1-2H3;4-5,7-10,24H,3,6H2,1-2H3;1-2H. The maximum Gasteiger partial charge on any atom is 0.406 e. The number of aromatic nitrogens is 12. The molecule has 8 rings (SSSR count). The number of ether oxygens (including phenoxy) is 1. The van der Waals surface area contributed by atoms with Crippen LogP contribution in [-0.2, 0) is 25.9 Å². The van der Waals surface area contributed by atoms with Crippen LogP contribution >= 0.6 is 63.7 Å². The van der Waals surface area contributed by atoms with E-state index in [4.69, 9.17) is 4.74 Å². The van der Waals surface area contributed by atoms with Gasteiger partial charge in [-0.25, -0.2) is 18.1 Å². The van der Waals surface area contributed by atoms with E-state index in [1.54, 1.807) is 60.1 Å². The normalized spacial score (nSPS) is 11.8. The molecule has 0 spiro atoms. The van der Waals surface area contributed by atoms with Crippen LogP contribution in [0.3, 0.4) is 0 Å². The lowest BCUT2D eigenvalue weighted by molar-refractivity contribution is -0.392. The Morgan fingerprint density at radius 1 is 0.667 bits per heavy atom. The number of aliphatic hydroxyl groups is 1. The molecule has 0 amide bonds. The van der Waals surface area contributed by atoms with Crippen LogP contribution in [0.1, 0.15) is 73.5 Å². The highest BCUT2D eigenvalue weighted by molar-refractivity contribution is 9.11. The zero-order valence-corrected chi connectivity index (χ0v) is 42.8. The van der Waals surface area contributed by atoms with E-state index < -0.39 is 51.1 Å². The molecule has 69 heavy (non-hydrogen) atoms. The van der Waals surface area contributed by atoms with Gasteiger partial charge in [0.2, 0.25) is 11.6 Å². The van der Waals surface area contributed by atoms with E-state index in [9.17, 15) is 38.5 Å². The van der Waals surface area contributed by atoms with Crippen LogP contribution in [0.4, 0.5) is 24.8 Å². The molecule has 20 nitrogen and oxygen atoms in total. The summed E-state index contributed by atoms with van der Waals surface area (Å²) < 4.78 is 55.8. The van der Waals surface area contributed by atoms with Gasteiger partial charge < -0.3 is 30.1 Å². The van der Waals surface area contributed by atoms with Gasteiger partial charge in [0.25, 0.3) is 0 Å². The van der Waals surface area contributed by atoms with E-state index in [2.05, 4.69) is 105 Å². The summed E-state index contributed by atoms with van der Waals surface area (Å²) in [4.78, 5) is 27.0. The molecule has 6 heterocycles. The van der Waals surface area contributed by atoms with Gasteiger partial charge in [0.15, 0.2) is 12.4 Å². The Bertz CT molecular complexity index is 3110. The van der Waals surface area contributed by atoms with E-state index in [0.717, 1.165) is 44.3 Å². The zero-order chi connectivity index (χ0) is 50.1. The first-order chi connectivity index (χ1) is 32.9. The molecule has 27 heteroatoms. The number of pyridine rings is 2. The Hall–Kier alpha value is -6.29. The summed E-state index contributed by atoms with van der Waals surface area (Å²) in [6, 6.07) is 10.9. The van der Waals surface area contributed by atoms with Gasteiger partial charge in [-0.1, -0.05) is 10.4 Å². The van der Waals surface area contributed by atoms with Crippen LogP contribution in [-0.4, -0.2) is 74.5 Å². The third-order valence-electron chi connectivity index (χ3n) is 9.83. The van der Waals surface area contributed by atoms with Crippen molar-refractivity contribution in [1.29, 1.82) is 0 Å². The molecule has 8 aromatic rings. The van der Waals surface area contributed by atoms with Crippen LogP contribution in [0, 0.1) is 37.7 Å².